The summed E-state index contributed by atoms with van der Waals surface area (Å²) in [4.78, 5) is 12.0. The van der Waals surface area contributed by atoms with Crippen molar-refractivity contribution in [1.29, 1.82) is 0 Å². The van der Waals surface area contributed by atoms with E-state index in [0.717, 1.165) is 24.7 Å². The first-order valence-electron chi connectivity index (χ1n) is 9.42. The van der Waals surface area contributed by atoms with Gasteiger partial charge in [-0.25, -0.2) is 12.8 Å². The summed E-state index contributed by atoms with van der Waals surface area (Å²) in [7, 11) is -1.91. The maximum absolute atomic E-state index is 12.9. The van der Waals surface area contributed by atoms with Crippen LogP contribution in [0, 0.1) is 5.82 Å². The van der Waals surface area contributed by atoms with Crippen molar-refractivity contribution < 1.29 is 22.3 Å². The standard InChI is InChI=1S/C21H27FN2O4S/c1-28-20-13-11-19(12-14-20)24(29(2,26)27)16-4-6-21(25)23-15-3-5-17-7-9-18(22)10-8-17/h7-14H,3-6,15-16H2,1-2H3,(H,23,25). The van der Waals surface area contributed by atoms with Crippen molar-refractivity contribution in [2.75, 3.05) is 30.8 Å². The van der Waals surface area contributed by atoms with Gasteiger partial charge in [0, 0.05) is 19.5 Å². The number of anilines is 1. The number of nitrogens with zero attached hydrogens (tertiary/aromatic N) is 1. The summed E-state index contributed by atoms with van der Waals surface area (Å²) >= 11 is 0. The second-order valence-electron chi connectivity index (χ2n) is 6.72. The van der Waals surface area contributed by atoms with Crippen molar-refractivity contribution in [1.82, 2.24) is 5.32 Å². The van der Waals surface area contributed by atoms with E-state index in [1.165, 1.54) is 16.4 Å². The van der Waals surface area contributed by atoms with Crippen LogP contribution in [-0.2, 0) is 21.2 Å². The maximum atomic E-state index is 12.9. The number of halogens is 1. The van der Waals surface area contributed by atoms with Gasteiger partial charge in [0.2, 0.25) is 15.9 Å². The number of methoxy groups -OCH3 is 1. The number of benzene rings is 2. The second kappa shape index (κ2) is 10.8. The molecule has 2 aromatic rings. The average molecular weight is 423 g/mol. The number of hydrogen-bond donors (Lipinski definition) is 1. The lowest BCUT2D eigenvalue weighted by Gasteiger charge is -2.22. The minimum atomic E-state index is -3.46. The van der Waals surface area contributed by atoms with Gasteiger partial charge in [-0.2, -0.15) is 0 Å². The number of sulfonamides is 1. The fourth-order valence-electron chi connectivity index (χ4n) is 2.88. The fourth-order valence-corrected chi connectivity index (χ4v) is 3.84. The Bertz CT molecular complexity index is 884. The van der Waals surface area contributed by atoms with Crippen molar-refractivity contribution in [3.05, 3.63) is 59.9 Å². The summed E-state index contributed by atoms with van der Waals surface area (Å²) in [6.07, 6.45) is 3.28. The summed E-state index contributed by atoms with van der Waals surface area (Å²) < 4.78 is 43.4. The van der Waals surface area contributed by atoms with Crippen LogP contribution >= 0.6 is 0 Å². The van der Waals surface area contributed by atoms with E-state index in [-0.39, 0.29) is 24.7 Å². The molecule has 0 saturated carbocycles. The van der Waals surface area contributed by atoms with Crippen molar-refractivity contribution in [3.8, 4) is 5.75 Å². The van der Waals surface area contributed by atoms with Gasteiger partial charge in [0.05, 0.1) is 19.1 Å². The highest BCUT2D eigenvalue weighted by molar-refractivity contribution is 7.92. The van der Waals surface area contributed by atoms with E-state index >= 15 is 0 Å². The Labute approximate surface area is 171 Å². The first-order valence-corrected chi connectivity index (χ1v) is 11.3. The quantitative estimate of drug-likeness (QED) is 0.565. The first-order chi connectivity index (χ1) is 13.8. The molecule has 0 spiro atoms. The second-order valence-corrected chi connectivity index (χ2v) is 8.62. The SMILES string of the molecule is COc1ccc(N(CCCC(=O)NCCCc2ccc(F)cc2)S(C)(=O)=O)cc1. The Hall–Kier alpha value is -2.61. The summed E-state index contributed by atoms with van der Waals surface area (Å²) in [5.41, 5.74) is 1.55. The average Bonchev–Trinajstić information content (AvgIpc) is 2.69. The topological polar surface area (TPSA) is 75.7 Å². The van der Waals surface area contributed by atoms with Gasteiger partial charge in [-0.1, -0.05) is 12.1 Å². The monoisotopic (exact) mass is 422 g/mol. The van der Waals surface area contributed by atoms with Gasteiger partial charge < -0.3 is 10.1 Å². The normalized spacial score (nSPS) is 11.1. The number of ether oxygens (including phenoxy) is 1. The van der Waals surface area contributed by atoms with Crippen molar-refractivity contribution in [3.63, 3.8) is 0 Å². The number of carbonyl (C=O) groups excluding carboxylic acids is 1. The molecule has 0 saturated heterocycles. The molecule has 0 atom stereocenters. The molecule has 1 amide bonds. The van der Waals surface area contributed by atoms with E-state index in [1.807, 2.05) is 0 Å². The molecule has 2 rings (SSSR count). The molecule has 0 aromatic heterocycles. The number of carbonyl (C=O) groups is 1. The number of aryl methyl sites for hydroxylation is 1. The van der Waals surface area contributed by atoms with Gasteiger partial charge in [-0.05, 0) is 61.2 Å². The van der Waals surface area contributed by atoms with Crippen LogP contribution in [-0.4, -0.2) is 40.8 Å². The minimum absolute atomic E-state index is 0.118. The van der Waals surface area contributed by atoms with Gasteiger partial charge in [0.1, 0.15) is 11.6 Å². The number of rotatable bonds is 11. The molecule has 158 valence electrons. The third-order valence-corrected chi connectivity index (χ3v) is 5.60. The highest BCUT2D eigenvalue weighted by Crippen LogP contribution is 2.21. The molecule has 0 heterocycles. The Morgan fingerprint density at radius 2 is 1.72 bits per heavy atom. The summed E-state index contributed by atoms with van der Waals surface area (Å²) in [6.45, 7) is 0.735. The molecule has 0 radical (unpaired) electrons. The van der Waals surface area contributed by atoms with Crippen molar-refractivity contribution in [2.24, 2.45) is 0 Å². The van der Waals surface area contributed by atoms with Gasteiger partial charge in [-0.15, -0.1) is 0 Å². The molecule has 0 aliphatic rings. The third-order valence-electron chi connectivity index (χ3n) is 4.40. The minimum Gasteiger partial charge on any atom is -0.497 e. The lowest BCUT2D eigenvalue weighted by atomic mass is 10.1. The van der Waals surface area contributed by atoms with E-state index in [2.05, 4.69) is 5.32 Å². The Kier molecular flexibility index (Phi) is 8.45. The molecule has 0 bridgehead atoms. The van der Waals surface area contributed by atoms with Crippen LogP contribution in [0.15, 0.2) is 48.5 Å². The molecule has 0 aliphatic heterocycles. The summed E-state index contributed by atoms with van der Waals surface area (Å²) in [6, 6.07) is 13.0. The predicted octanol–water partition coefficient (Wildman–Crippen LogP) is 3.13. The third kappa shape index (κ3) is 7.73. The molecule has 0 fully saturated rings. The molecule has 29 heavy (non-hydrogen) atoms. The molecular weight excluding hydrogens is 395 g/mol. The number of hydrogen-bond acceptors (Lipinski definition) is 4. The summed E-state index contributed by atoms with van der Waals surface area (Å²) in [5.74, 6) is 0.259. The summed E-state index contributed by atoms with van der Waals surface area (Å²) in [5, 5.41) is 2.83. The Morgan fingerprint density at radius 3 is 2.31 bits per heavy atom. The molecule has 0 aliphatic carbocycles. The van der Waals surface area contributed by atoms with Crippen molar-refractivity contribution >= 4 is 21.6 Å². The van der Waals surface area contributed by atoms with Crippen LogP contribution in [0.25, 0.3) is 0 Å². The van der Waals surface area contributed by atoms with Crippen LogP contribution in [0.4, 0.5) is 10.1 Å². The highest BCUT2D eigenvalue weighted by Gasteiger charge is 2.17. The highest BCUT2D eigenvalue weighted by atomic mass is 32.2. The van der Waals surface area contributed by atoms with Gasteiger partial charge in [0.25, 0.3) is 0 Å². The first kappa shape index (κ1) is 22.7. The van der Waals surface area contributed by atoms with Crippen LogP contribution in [0.1, 0.15) is 24.8 Å². The molecule has 2 aromatic carbocycles. The molecule has 1 N–H and O–H groups in total. The molecular formula is C21H27FN2O4S. The predicted molar refractivity (Wildman–Crippen MR) is 112 cm³/mol. The zero-order valence-corrected chi connectivity index (χ0v) is 17.5. The van der Waals surface area contributed by atoms with Crippen molar-refractivity contribution in [2.45, 2.75) is 25.7 Å². The number of nitrogens with one attached hydrogen (secondary N) is 1. The lowest BCUT2D eigenvalue weighted by molar-refractivity contribution is -0.121. The Balaban J connectivity index is 1.75. The van der Waals surface area contributed by atoms with E-state index in [9.17, 15) is 17.6 Å². The van der Waals surface area contributed by atoms with E-state index in [0.29, 0.717) is 24.4 Å². The fraction of sp³-hybridized carbons (Fsp3) is 0.381. The van der Waals surface area contributed by atoms with E-state index < -0.39 is 10.0 Å². The van der Waals surface area contributed by atoms with Crippen LogP contribution < -0.4 is 14.4 Å². The van der Waals surface area contributed by atoms with Crippen LogP contribution in [0.3, 0.4) is 0 Å². The van der Waals surface area contributed by atoms with Crippen LogP contribution in [0.5, 0.6) is 5.75 Å². The van der Waals surface area contributed by atoms with Gasteiger partial charge >= 0.3 is 0 Å². The van der Waals surface area contributed by atoms with Crippen LogP contribution in [0.2, 0.25) is 0 Å². The van der Waals surface area contributed by atoms with Gasteiger partial charge in [-0.3, -0.25) is 9.10 Å². The molecule has 0 unspecified atom stereocenters. The lowest BCUT2D eigenvalue weighted by Crippen LogP contribution is -2.32. The maximum Gasteiger partial charge on any atom is 0.232 e. The largest absolute Gasteiger partial charge is 0.497 e. The van der Waals surface area contributed by atoms with E-state index in [1.54, 1.807) is 43.5 Å². The molecule has 6 nitrogen and oxygen atoms in total. The zero-order valence-electron chi connectivity index (χ0n) is 16.7. The zero-order chi connectivity index (χ0) is 21.3. The molecule has 8 heteroatoms. The number of amides is 1. The van der Waals surface area contributed by atoms with E-state index in [4.69, 9.17) is 4.74 Å². The van der Waals surface area contributed by atoms with Gasteiger partial charge in [0.15, 0.2) is 0 Å². The smallest absolute Gasteiger partial charge is 0.232 e. The Morgan fingerprint density at radius 1 is 1.07 bits per heavy atom.